The number of likely N-dealkylation sites (tertiary alicyclic amines) is 2. The fourth-order valence-electron chi connectivity index (χ4n) is 4.71. The van der Waals surface area contributed by atoms with Crippen molar-refractivity contribution in [3.63, 3.8) is 0 Å². The minimum atomic E-state index is -0.667. The maximum Gasteiger partial charge on any atom is 0.351 e. The number of piperidine rings is 2. The molecule has 2 aliphatic rings. The van der Waals surface area contributed by atoms with Crippen molar-refractivity contribution in [2.24, 2.45) is 7.05 Å². The van der Waals surface area contributed by atoms with Crippen LogP contribution in [0.25, 0.3) is 17.2 Å². The number of nitrogens with zero attached hydrogens (tertiary/aromatic N) is 7. The van der Waals surface area contributed by atoms with Crippen LogP contribution >= 0.6 is 0 Å². The topological polar surface area (TPSA) is 119 Å². The van der Waals surface area contributed by atoms with Crippen LogP contribution in [0.2, 0.25) is 0 Å². The molecule has 3 aromatic rings. The van der Waals surface area contributed by atoms with Crippen molar-refractivity contribution in [3.8, 4) is 17.2 Å². The van der Waals surface area contributed by atoms with E-state index >= 15 is 0 Å². The van der Waals surface area contributed by atoms with Crippen molar-refractivity contribution in [1.29, 1.82) is 0 Å². The fourth-order valence-corrected chi connectivity index (χ4v) is 4.71. The van der Waals surface area contributed by atoms with Gasteiger partial charge in [-0.25, -0.2) is 4.79 Å². The van der Waals surface area contributed by atoms with Gasteiger partial charge in [0.2, 0.25) is 5.82 Å². The zero-order valence-corrected chi connectivity index (χ0v) is 19.1. The largest absolute Gasteiger partial charge is 0.351 e. The Bertz CT molecular complexity index is 1280. The number of hydrogen-bond donors (Lipinski definition) is 0. The second-order valence-electron chi connectivity index (χ2n) is 8.79. The molecule has 34 heavy (non-hydrogen) atoms. The lowest BCUT2D eigenvalue weighted by molar-refractivity contribution is 0.0547. The van der Waals surface area contributed by atoms with E-state index in [1.807, 2.05) is 6.07 Å². The number of para-hydroxylation sites is 1. The van der Waals surface area contributed by atoms with Crippen LogP contribution in [-0.4, -0.2) is 72.4 Å². The molecule has 0 atom stereocenters. The van der Waals surface area contributed by atoms with Crippen molar-refractivity contribution in [3.05, 3.63) is 57.1 Å². The summed E-state index contributed by atoms with van der Waals surface area (Å²) < 4.78 is 7.24. The normalized spacial score (nSPS) is 17.7. The van der Waals surface area contributed by atoms with Gasteiger partial charge in [0.15, 0.2) is 5.69 Å². The lowest BCUT2D eigenvalue weighted by Gasteiger charge is -2.39. The van der Waals surface area contributed by atoms with Crippen molar-refractivity contribution in [2.45, 2.75) is 38.1 Å². The Hall–Kier alpha value is -3.60. The summed E-state index contributed by atoms with van der Waals surface area (Å²) >= 11 is 0. The Balaban J connectivity index is 1.35. The summed E-state index contributed by atoms with van der Waals surface area (Å²) in [5.41, 5.74) is -0.950. The minimum Gasteiger partial charge on any atom is -0.334 e. The standard InChI is InChI=1S/C23H27N7O4/c1-27-21(31)18(25-30(23(27)33)17-8-4-2-5-9-17)19-24-20(34-26-19)22(32)29-14-10-16(11-15-29)28-12-6-3-7-13-28/h2,4-5,8-9,16H,3,6-7,10-15H2,1H3. The minimum absolute atomic E-state index is 0.128. The number of rotatable bonds is 4. The highest BCUT2D eigenvalue weighted by Crippen LogP contribution is 2.22. The van der Waals surface area contributed by atoms with Gasteiger partial charge in [-0.2, -0.15) is 14.8 Å². The van der Waals surface area contributed by atoms with Crippen molar-refractivity contribution < 1.29 is 9.32 Å². The molecule has 2 fully saturated rings. The smallest absolute Gasteiger partial charge is 0.334 e. The first-order valence-electron chi connectivity index (χ1n) is 11.7. The van der Waals surface area contributed by atoms with Gasteiger partial charge in [0, 0.05) is 26.2 Å². The second-order valence-corrected chi connectivity index (χ2v) is 8.79. The third-order valence-electron chi connectivity index (χ3n) is 6.66. The molecule has 178 valence electrons. The van der Waals surface area contributed by atoms with E-state index in [2.05, 4.69) is 20.1 Å². The maximum absolute atomic E-state index is 13.0. The quantitative estimate of drug-likeness (QED) is 0.561. The van der Waals surface area contributed by atoms with Gasteiger partial charge in [-0.3, -0.25) is 14.2 Å². The molecular weight excluding hydrogens is 438 g/mol. The van der Waals surface area contributed by atoms with Gasteiger partial charge >= 0.3 is 17.5 Å². The van der Waals surface area contributed by atoms with E-state index in [0.717, 1.165) is 35.2 Å². The summed E-state index contributed by atoms with van der Waals surface area (Å²) in [5, 5.41) is 8.00. The van der Waals surface area contributed by atoms with Crippen LogP contribution in [0, 0.1) is 0 Å². The van der Waals surface area contributed by atoms with Crippen molar-refractivity contribution in [1.82, 2.24) is 34.3 Å². The Kier molecular flexibility index (Phi) is 6.10. The molecule has 2 aromatic heterocycles. The van der Waals surface area contributed by atoms with Crippen LogP contribution in [0.1, 0.15) is 42.8 Å². The molecule has 0 N–H and O–H groups in total. The molecule has 5 rings (SSSR count). The maximum atomic E-state index is 13.0. The summed E-state index contributed by atoms with van der Waals surface area (Å²) in [4.78, 5) is 46.7. The van der Waals surface area contributed by atoms with E-state index in [-0.39, 0.29) is 23.3 Å². The van der Waals surface area contributed by atoms with Crippen LogP contribution in [0.3, 0.4) is 0 Å². The van der Waals surface area contributed by atoms with Gasteiger partial charge in [0.05, 0.1) is 5.69 Å². The van der Waals surface area contributed by atoms with Gasteiger partial charge in [0.1, 0.15) is 0 Å². The molecule has 2 saturated heterocycles. The third-order valence-corrected chi connectivity index (χ3v) is 6.66. The highest BCUT2D eigenvalue weighted by atomic mass is 16.5. The number of hydrogen-bond acceptors (Lipinski definition) is 8. The molecule has 2 aliphatic heterocycles. The Labute approximate surface area is 195 Å². The molecule has 0 spiro atoms. The zero-order valence-electron chi connectivity index (χ0n) is 19.1. The van der Waals surface area contributed by atoms with Crippen LogP contribution < -0.4 is 11.2 Å². The molecule has 0 saturated carbocycles. The zero-order chi connectivity index (χ0) is 23.7. The Morgan fingerprint density at radius 1 is 1.00 bits per heavy atom. The van der Waals surface area contributed by atoms with Crippen LogP contribution in [-0.2, 0) is 7.05 Å². The van der Waals surface area contributed by atoms with E-state index < -0.39 is 11.2 Å². The summed E-state index contributed by atoms with van der Waals surface area (Å²) in [5.74, 6) is -0.673. The molecular formula is C23H27N7O4. The lowest BCUT2D eigenvalue weighted by Crippen LogP contribution is -2.48. The second kappa shape index (κ2) is 9.34. The SMILES string of the molecule is Cn1c(=O)c(-c2noc(C(=O)N3CCC(N4CCCCC4)CC3)n2)nn(-c2ccccc2)c1=O. The van der Waals surface area contributed by atoms with Crippen LogP contribution in [0.5, 0.6) is 0 Å². The highest BCUT2D eigenvalue weighted by molar-refractivity contribution is 5.90. The predicted molar refractivity (Wildman–Crippen MR) is 123 cm³/mol. The summed E-state index contributed by atoms with van der Waals surface area (Å²) in [7, 11) is 1.36. The predicted octanol–water partition coefficient (Wildman–Crippen LogP) is 1.07. The first-order valence-corrected chi connectivity index (χ1v) is 11.7. The molecule has 4 heterocycles. The number of carbonyl (C=O) groups excluding carboxylic acids is 1. The summed E-state index contributed by atoms with van der Waals surface area (Å²) in [6, 6.07) is 9.22. The molecule has 0 radical (unpaired) electrons. The molecule has 1 amide bonds. The van der Waals surface area contributed by atoms with E-state index in [4.69, 9.17) is 4.52 Å². The third kappa shape index (κ3) is 4.18. The number of carbonyl (C=O) groups is 1. The lowest BCUT2D eigenvalue weighted by atomic mass is 10.00. The molecule has 11 nitrogen and oxygen atoms in total. The first-order chi connectivity index (χ1) is 16.5. The molecule has 1 aromatic carbocycles. The van der Waals surface area contributed by atoms with Gasteiger partial charge in [-0.15, -0.1) is 0 Å². The number of aromatic nitrogens is 5. The van der Waals surface area contributed by atoms with Crippen molar-refractivity contribution in [2.75, 3.05) is 26.2 Å². The summed E-state index contributed by atoms with van der Waals surface area (Å²) in [6.07, 6.45) is 5.62. The monoisotopic (exact) mass is 465 g/mol. The number of amides is 1. The molecule has 0 bridgehead atoms. The van der Waals surface area contributed by atoms with Gasteiger partial charge in [-0.05, 0) is 50.9 Å². The Morgan fingerprint density at radius 2 is 1.71 bits per heavy atom. The highest BCUT2D eigenvalue weighted by Gasteiger charge is 2.31. The number of benzene rings is 1. The van der Waals surface area contributed by atoms with Gasteiger partial charge in [0.25, 0.3) is 5.56 Å². The van der Waals surface area contributed by atoms with Crippen LogP contribution in [0.15, 0.2) is 44.4 Å². The average Bonchev–Trinajstić information content (AvgIpc) is 3.38. The van der Waals surface area contributed by atoms with E-state index in [9.17, 15) is 14.4 Å². The molecule has 11 heteroatoms. The summed E-state index contributed by atoms with van der Waals surface area (Å²) in [6.45, 7) is 3.52. The van der Waals surface area contributed by atoms with Crippen LogP contribution in [0.4, 0.5) is 0 Å². The molecule has 0 unspecified atom stereocenters. The Morgan fingerprint density at radius 3 is 2.41 bits per heavy atom. The van der Waals surface area contributed by atoms with Crippen molar-refractivity contribution >= 4 is 5.91 Å². The fraction of sp³-hybridized carbons (Fsp3) is 0.478. The average molecular weight is 466 g/mol. The van der Waals surface area contributed by atoms with E-state index in [0.29, 0.717) is 24.8 Å². The van der Waals surface area contributed by atoms with Gasteiger partial charge < -0.3 is 14.3 Å². The van der Waals surface area contributed by atoms with E-state index in [1.165, 1.54) is 26.3 Å². The molecule has 0 aliphatic carbocycles. The first kappa shape index (κ1) is 22.2. The van der Waals surface area contributed by atoms with E-state index in [1.54, 1.807) is 29.2 Å². The van der Waals surface area contributed by atoms with Gasteiger partial charge in [-0.1, -0.05) is 29.8 Å².